The summed E-state index contributed by atoms with van der Waals surface area (Å²) in [5.74, 6) is 0.474. The Morgan fingerprint density at radius 3 is 2.74 bits per heavy atom. The summed E-state index contributed by atoms with van der Waals surface area (Å²) < 4.78 is 0. The van der Waals surface area contributed by atoms with E-state index in [4.69, 9.17) is 5.73 Å². The number of nitrogen functional groups attached to an aromatic ring is 1. The maximum absolute atomic E-state index is 6.33. The Morgan fingerprint density at radius 2 is 1.90 bits per heavy atom. The molecule has 2 aromatic heterocycles. The fourth-order valence-electron chi connectivity index (χ4n) is 3.78. The number of hydrogen-bond donors (Lipinski definition) is 3. The molecule has 152 valence electrons. The standard InChI is InChI=1S/C25H21N5S/c1-15-7-6-10-19(17-8-4-3-5-9-17)22(15)16(2)23-24(26)30-25(31-23)29-18-11-12-20-21(13-18)28-14-27-20/h3-14H,2,26H2,1H3,(H,27,28)(H,29,30). The summed E-state index contributed by atoms with van der Waals surface area (Å²) in [7, 11) is 0. The number of aryl methyl sites for hydroxylation is 1. The quantitative estimate of drug-likeness (QED) is 0.306. The smallest absolute Gasteiger partial charge is 0.189 e. The average molecular weight is 424 g/mol. The number of aromatic amines is 1. The van der Waals surface area contributed by atoms with Crippen LogP contribution in [0.3, 0.4) is 0 Å². The van der Waals surface area contributed by atoms with Gasteiger partial charge in [0.15, 0.2) is 5.13 Å². The summed E-state index contributed by atoms with van der Waals surface area (Å²) in [4.78, 5) is 12.8. The van der Waals surface area contributed by atoms with E-state index in [0.717, 1.165) is 54.6 Å². The van der Waals surface area contributed by atoms with Crippen LogP contribution in [-0.2, 0) is 0 Å². The van der Waals surface area contributed by atoms with Crippen molar-refractivity contribution in [3.8, 4) is 11.1 Å². The third-order valence-corrected chi connectivity index (χ3v) is 6.30. The molecule has 3 aromatic carbocycles. The number of nitrogens with zero attached hydrogens (tertiary/aromatic N) is 2. The van der Waals surface area contributed by atoms with Crippen molar-refractivity contribution in [2.24, 2.45) is 0 Å². The lowest BCUT2D eigenvalue weighted by molar-refractivity contribution is 1.34. The molecular formula is C25H21N5S. The van der Waals surface area contributed by atoms with Gasteiger partial charge in [0.1, 0.15) is 5.82 Å². The molecule has 0 saturated carbocycles. The molecule has 5 aromatic rings. The second-order valence-corrected chi connectivity index (χ2v) is 8.33. The van der Waals surface area contributed by atoms with Crippen LogP contribution in [0.5, 0.6) is 0 Å². The highest BCUT2D eigenvalue weighted by molar-refractivity contribution is 7.17. The van der Waals surface area contributed by atoms with Gasteiger partial charge in [-0.25, -0.2) is 9.97 Å². The fourth-order valence-corrected chi connectivity index (χ4v) is 4.66. The van der Waals surface area contributed by atoms with Gasteiger partial charge < -0.3 is 16.0 Å². The number of nitrogens with one attached hydrogen (secondary N) is 2. The van der Waals surface area contributed by atoms with Crippen molar-refractivity contribution < 1.29 is 0 Å². The lowest BCUT2D eigenvalue weighted by Gasteiger charge is -2.15. The largest absolute Gasteiger partial charge is 0.382 e. The van der Waals surface area contributed by atoms with E-state index in [9.17, 15) is 0 Å². The summed E-state index contributed by atoms with van der Waals surface area (Å²) >= 11 is 1.50. The van der Waals surface area contributed by atoms with Gasteiger partial charge in [-0.2, -0.15) is 0 Å². The molecule has 0 spiro atoms. The van der Waals surface area contributed by atoms with E-state index < -0.39 is 0 Å². The van der Waals surface area contributed by atoms with Crippen molar-refractivity contribution in [1.29, 1.82) is 0 Å². The Kier molecular flexibility index (Phi) is 4.76. The van der Waals surface area contributed by atoms with Crippen LogP contribution >= 0.6 is 11.3 Å². The summed E-state index contributed by atoms with van der Waals surface area (Å²) in [5, 5.41) is 4.08. The van der Waals surface area contributed by atoms with Crippen LogP contribution in [0.2, 0.25) is 0 Å². The molecule has 0 unspecified atom stereocenters. The van der Waals surface area contributed by atoms with E-state index in [1.54, 1.807) is 6.33 Å². The number of anilines is 3. The molecule has 0 atom stereocenters. The van der Waals surface area contributed by atoms with Gasteiger partial charge in [-0.3, -0.25) is 0 Å². The van der Waals surface area contributed by atoms with E-state index in [1.807, 2.05) is 36.4 Å². The summed E-state index contributed by atoms with van der Waals surface area (Å²) in [5.41, 5.74) is 14.5. The molecule has 5 rings (SSSR count). The Balaban J connectivity index is 1.50. The summed E-state index contributed by atoms with van der Waals surface area (Å²) in [6, 6.07) is 22.6. The molecule has 0 aliphatic carbocycles. The van der Waals surface area contributed by atoms with Gasteiger partial charge in [0, 0.05) is 5.69 Å². The zero-order valence-electron chi connectivity index (χ0n) is 17.0. The van der Waals surface area contributed by atoms with Crippen LogP contribution in [0, 0.1) is 6.92 Å². The Morgan fingerprint density at radius 1 is 1.06 bits per heavy atom. The number of rotatable bonds is 5. The first kappa shape index (κ1) is 19.1. The van der Waals surface area contributed by atoms with Crippen LogP contribution in [0.15, 0.2) is 79.6 Å². The summed E-state index contributed by atoms with van der Waals surface area (Å²) in [6.07, 6.45) is 1.68. The van der Waals surface area contributed by atoms with E-state index in [2.05, 4.69) is 64.1 Å². The first-order valence-electron chi connectivity index (χ1n) is 9.91. The third-order valence-electron chi connectivity index (χ3n) is 5.26. The number of fused-ring (bicyclic) bond motifs is 1. The lowest BCUT2D eigenvalue weighted by atomic mass is 9.91. The zero-order chi connectivity index (χ0) is 21.4. The molecule has 0 aliphatic heterocycles. The topological polar surface area (TPSA) is 79.6 Å². The predicted octanol–water partition coefficient (Wildman–Crippen LogP) is 6.38. The molecule has 0 saturated heterocycles. The molecule has 0 amide bonds. The molecule has 4 N–H and O–H groups in total. The molecule has 2 heterocycles. The lowest BCUT2D eigenvalue weighted by Crippen LogP contribution is -1.96. The summed E-state index contributed by atoms with van der Waals surface area (Å²) in [6.45, 7) is 6.51. The monoisotopic (exact) mass is 423 g/mol. The first-order chi connectivity index (χ1) is 15.1. The number of nitrogens with two attached hydrogens (primary N) is 1. The van der Waals surface area contributed by atoms with Crippen molar-refractivity contribution >= 4 is 44.6 Å². The van der Waals surface area contributed by atoms with Crippen molar-refractivity contribution in [3.63, 3.8) is 0 Å². The molecule has 31 heavy (non-hydrogen) atoms. The normalized spacial score (nSPS) is 11.0. The molecule has 0 fully saturated rings. The maximum atomic E-state index is 6.33. The zero-order valence-corrected chi connectivity index (χ0v) is 17.8. The van der Waals surface area contributed by atoms with Gasteiger partial charge in [-0.05, 0) is 52.9 Å². The van der Waals surface area contributed by atoms with Crippen LogP contribution in [0.25, 0.3) is 27.7 Å². The second-order valence-electron chi connectivity index (χ2n) is 7.33. The highest BCUT2D eigenvalue weighted by Gasteiger charge is 2.18. The SMILES string of the molecule is C=C(c1sc(Nc2ccc3nc[nH]c3c2)nc1N)c1c(C)cccc1-c1ccccc1. The van der Waals surface area contributed by atoms with Gasteiger partial charge in [-0.1, -0.05) is 66.4 Å². The molecule has 0 bridgehead atoms. The predicted molar refractivity (Wildman–Crippen MR) is 131 cm³/mol. The highest BCUT2D eigenvalue weighted by Crippen LogP contribution is 2.40. The van der Waals surface area contributed by atoms with E-state index >= 15 is 0 Å². The van der Waals surface area contributed by atoms with Crippen LogP contribution in [0.4, 0.5) is 16.6 Å². The fraction of sp³-hybridized carbons (Fsp3) is 0.0400. The van der Waals surface area contributed by atoms with Crippen molar-refractivity contribution in [1.82, 2.24) is 15.0 Å². The number of H-pyrrole nitrogens is 1. The van der Waals surface area contributed by atoms with E-state index in [0.29, 0.717) is 5.82 Å². The van der Waals surface area contributed by atoms with Crippen LogP contribution < -0.4 is 11.1 Å². The number of benzene rings is 3. The number of thiazole rings is 1. The first-order valence-corrected chi connectivity index (χ1v) is 10.7. The number of aromatic nitrogens is 3. The number of hydrogen-bond acceptors (Lipinski definition) is 5. The third kappa shape index (κ3) is 3.58. The van der Waals surface area contributed by atoms with Gasteiger partial charge >= 0.3 is 0 Å². The molecule has 5 nitrogen and oxygen atoms in total. The van der Waals surface area contributed by atoms with E-state index in [-0.39, 0.29) is 0 Å². The van der Waals surface area contributed by atoms with Crippen molar-refractivity contribution in [2.75, 3.05) is 11.1 Å². The Bertz CT molecular complexity index is 1400. The highest BCUT2D eigenvalue weighted by atomic mass is 32.1. The number of imidazole rings is 1. The van der Waals surface area contributed by atoms with Crippen molar-refractivity contribution in [3.05, 3.63) is 95.6 Å². The average Bonchev–Trinajstić information content (AvgIpc) is 3.39. The van der Waals surface area contributed by atoms with Crippen LogP contribution in [-0.4, -0.2) is 15.0 Å². The van der Waals surface area contributed by atoms with Crippen LogP contribution in [0.1, 0.15) is 16.0 Å². The van der Waals surface area contributed by atoms with Gasteiger partial charge in [0.05, 0.1) is 22.2 Å². The Hall–Kier alpha value is -3.90. The minimum Gasteiger partial charge on any atom is -0.382 e. The molecule has 0 aliphatic rings. The molecule has 0 radical (unpaired) electrons. The second kappa shape index (κ2) is 7.74. The maximum Gasteiger partial charge on any atom is 0.189 e. The van der Waals surface area contributed by atoms with E-state index in [1.165, 1.54) is 11.3 Å². The van der Waals surface area contributed by atoms with Gasteiger partial charge in [0.25, 0.3) is 0 Å². The minimum atomic E-state index is 0.474. The van der Waals surface area contributed by atoms with Crippen molar-refractivity contribution in [2.45, 2.75) is 6.92 Å². The minimum absolute atomic E-state index is 0.474. The molecule has 6 heteroatoms. The Labute approximate surface area is 184 Å². The van der Waals surface area contributed by atoms with Gasteiger partial charge in [-0.15, -0.1) is 0 Å². The molecular weight excluding hydrogens is 402 g/mol. The van der Waals surface area contributed by atoms with Gasteiger partial charge in [0.2, 0.25) is 0 Å².